The summed E-state index contributed by atoms with van der Waals surface area (Å²) in [5.41, 5.74) is 0.942. The van der Waals surface area contributed by atoms with Gasteiger partial charge in [0.2, 0.25) is 5.91 Å². The summed E-state index contributed by atoms with van der Waals surface area (Å²) in [4.78, 5) is 18.4. The first kappa shape index (κ1) is 15.3. The first-order valence-electron chi connectivity index (χ1n) is 7.21. The van der Waals surface area contributed by atoms with Gasteiger partial charge in [0, 0.05) is 45.8 Å². The van der Waals surface area contributed by atoms with Crippen LogP contribution in [-0.2, 0) is 18.4 Å². The highest BCUT2D eigenvalue weighted by atomic mass is 16.2. The molecule has 0 radical (unpaired) electrons. The van der Waals surface area contributed by atoms with Crippen LogP contribution in [0, 0.1) is 6.92 Å². The summed E-state index contributed by atoms with van der Waals surface area (Å²) in [6.45, 7) is 5.53. The lowest BCUT2D eigenvalue weighted by atomic mass is 10.1. The van der Waals surface area contributed by atoms with E-state index in [9.17, 15) is 4.79 Å². The Kier molecular flexibility index (Phi) is 4.77. The zero-order chi connectivity index (χ0) is 15.4. The molecular formula is C15H23N5O. The second kappa shape index (κ2) is 6.56. The van der Waals surface area contributed by atoms with Crippen molar-refractivity contribution in [2.75, 3.05) is 13.6 Å². The molecule has 0 saturated heterocycles. The third kappa shape index (κ3) is 3.51. The average Bonchev–Trinajstić information content (AvgIpc) is 3.06. The van der Waals surface area contributed by atoms with Gasteiger partial charge < -0.3 is 9.47 Å². The Hall–Kier alpha value is -2.11. The van der Waals surface area contributed by atoms with E-state index in [0.717, 1.165) is 31.0 Å². The van der Waals surface area contributed by atoms with Gasteiger partial charge in [0.15, 0.2) is 0 Å². The molecule has 0 aliphatic heterocycles. The standard InChI is InChI=1S/C15H23N5O/c1-12(14-6-7-17-19(14)4)15(21)18(3)9-5-10-20-11-8-16-13(20)2/h6-8,11-12H,5,9-10H2,1-4H3. The predicted octanol–water partition coefficient (Wildman–Crippen LogP) is 1.58. The van der Waals surface area contributed by atoms with Gasteiger partial charge in [-0.2, -0.15) is 5.10 Å². The number of hydrogen-bond donors (Lipinski definition) is 0. The van der Waals surface area contributed by atoms with Gasteiger partial charge in [-0.05, 0) is 26.3 Å². The van der Waals surface area contributed by atoms with E-state index in [1.807, 2.05) is 40.2 Å². The number of rotatable bonds is 6. The first-order valence-corrected chi connectivity index (χ1v) is 7.21. The molecule has 2 rings (SSSR count). The Morgan fingerprint density at radius 2 is 2.19 bits per heavy atom. The van der Waals surface area contributed by atoms with Crippen LogP contribution in [0.4, 0.5) is 0 Å². The normalized spacial score (nSPS) is 12.4. The number of imidazole rings is 1. The monoisotopic (exact) mass is 289 g/mol. The molecule has 21 heavy (non-hydrogen) atoms. The third-order valence-electron chi connectivity index (χ3n) is 3.87. The van der Waals surface area contributed by atoms with E-state index in [2.05, 4.69) is 14.6 Å². The van der Waals surface area contributed by atoms with Gasteiger partial charge in [-0.15, -0.1) is 0 Å². The maximum Gasteiger partial charge on any atom is 0.231 e. The third-order valence-corrected chi connectivity index (χ3v) is 3.87. The predicted molar refractivity (Wildman–Crippen MR) is 80.8 cm³/mol. The van der Waals surface area contributed by atoms with E-state index in [4.69, 9.17) is 0 Å². The summed E-state index contributed by atoms with van der Waals surface area (Å²) in [6.07, 6.45) is 6.41. The molecule has 1 unspecified atom stereocenters. The molecule has 6 heteroatoms. The lowest BCUT2D eigenvalue weighted by Crippen LogP contribution is -2.32. The maximum absolute atomic E-state index is 12.4. The fraction of sp³-hybridized carbons (Fsp3) is 0.533. The molecule has 0 aliphatic rings. The van der Waals surface area contributed by atoms with E-state index < -0.39 is 0 Å². The van der Waals surface area contributed by atoms with Crippen molar-refractivity contribution >= 4 is 5.91 Å². The largest absolute Gasteiger partial charge is 0.345 e. The van der Waals surface area contributed by atoms with Gasteiger partial charge >= 0.3 is 0 Å². The lowest BCUT2D eigenvalue weighted by molar-refractivity contribution is -0.131. The molecule has 6 nitrogen and oxygen atoms in total. The van der Waals surface area contributed by atoms with Crippen molar-refractivity contribution in [3.8, 4) is 0 Å². The quantitative estimate of drug-likeness (QED) is 0.811. The molecule has 0 N–H and O–H groups in total. The van der Waals surface area contributed by atoms with Crippen molar-refractivity contribution in [2.45, 2.75) is 32.7 Å². The molecule has 2 aromatic heterocycles. The second-order valence-electron chi connectivity index (χ2n) is 5.38. The Morgan fingerprint density at radius 1 is 1.43 bits per heavy atom. The Balaban J connectivity index is 1.85. The van der Waals surface area contributed by atoms with Crippen molar-refractivity contribution in [3.63, 3.8) is 0 Å². The number of aromatic nitrogens is 4. The topological polar surface area (TPSA) is 56.0 Å². The SMILES string of the molecule is Cc1nccn1CCCN(C)C(=O)C(C)c1ccnn1C. The van der Waals surface area contributed by atoms with E-state index in [0.29, 0.717) is 0 Å². The van der Waals surface area contributed by atoms with Crippen LogP contribution < -0.4 is 0 Å². The number of hydrogen-bond acceptors (Lipinski definition) is 3. The second-order valence-corrected chi connectivity index (χ2v) is 5.38. The van der Waals surface area contributed by atoms with Crippen LogP contribution in [-0.4, -0.2) is 43.7 Å². The first-order chi connectivity index (χ1) is 10.0. The minimum absolute atomic E-state index is 0.126. The number of likely N-dealkylation sites (N-methyl/N-ethyl adjacent to an activating group) is 1. The van der Waals surface area contributed by atoms with Crippen molar-refractivity contribution in [2.24, 2.45) is 7.05 Å². The molecule has 0 spiro atoms. The fourth-order valence-corrected chi connectivity index (χ4v) is 2.49. The summed E-state index contributed by atoms with van der Waals surface area (Å²) >= 11 is 0. The molecule has 0 saturated carbocycles. The van der Waals surface area contributed by atoms with Crippen LogP contribution in [0.2, 0.25) is 0 Å². The highest BCUT2D eigenvalue weighted by Crippen LogP contribution is 2.16. The van der Waals surface area contributed by atoms with Gasteiger partial charge in [0.1, 0.15) is 5.82 Å². The van der Waals surface area contributed by atoms with E-state index in [1.165, 1.54) is 0 Å². The summed E-state index contributed by atoms with van der Waals surface area (Å²) in [5.74, 6) is 0.964. The Bertz CT molecular complexity index is 601. The van der Waals surface area contributed by atoms with Crippen LogP contribution in [0.25, 0.3) is 0 Å². The van der Waals surface area contributed by atoms with E-state index in [-0.39, 0.29) is 11.8 Å². The van der Waals surface area contributed by atoms with Crippen molar-refractivity contribution in [1.82, 2.24) is 24.2 Å². The highest BCUT2D eigenvalue weighted by molar-refractivity contribution is 5.82. The fourth-order valence-electron chi connectivity index (χ4n) is 2.49. The molecule has 0 fully saturated rings. The minimum atomic E-state index is -0.169. The van der Waals surface area contributed by atoms with Crippen molar-refractivity contribution in [3.05, 3.63) is 36.2 Å². The molecule has 2 aromatic rings. The summed E-state index contributed by atoms with van der Waals surface area (Å²) in [5, 5.41) is 4.12. The van der Waals surface area contributed by atoms with Gasteiger partial charge in [0.25, 0.3) is 0 Å². The summed E-state index contributed by atoms with van der Waals surface area (Å²) in [7, 11) is 3.72. The summed E-state index contributed by atoms with van der Waals surface area (Å²) < 4.78 is 3.86. The zero-order valence-corrected chi connectivity index (χ0v) is 13.2. The molecule has 1 atom stereocenters. The molecule has 0 aliphatic carbocycles. The number of carbonyl (C=O) groups is 1. The van der Waals surface area contributed by atoms with Crippen LogP contribution in [0.1, 0.15) is 30.8 Å². The molecule has 114 valence electrons. The molecule has 2 heterocycles. The van der Waals surface area contributed by atoms with Crippen LogP contribution in [0.5, 0.6) is 0 Å². The minimum Gasteiger partial charge on any atom is -0.345 e. The Morgan fingerprint density at radius 3 is 2.76 bits per heavy atom. The number of nitrogens with zero attached hydrogens (tertiary/aromatic N) is 5. The van der Waals surface area contributed by atoms with Crippen molar-refractivity contribution < 1.29 is 4.79 Å². The van der Waals surface area contributed by atoms with Gasteiger partial charge in [0.05, 0.1) is 11.6 Å². The summed E-state index contributed by atoms with van der Waals surface area (Å²) in [6, 6.07) is 1.89. The van der Waals surface area contributed by atoms with Gasteiger partial charge in [-0.3, -0.25) is 9.48 Å². The smallest absolute Gasteiger partial charge is 0.231 e. The van der Waals surface area contributed by atoms with Gasteiger partial charge in [-0.25, -0.2) is 4.98 Å². The van der Waals surface area contributed by atoms with Crippen LogP contribution in [0.3, 0.4) is 0 Å². The highest BCUT2D eigenvalue weighted by Gasteiger charge is 2.21. The molecule has 1 amide bonds. The Labute approximate surface area is 125 Å². The average molecular weight is 289 g/mol. The maximum atomic E-state index is 12.4. The van der Waals surface area contributed by atoms with Gasteiger partial charge in [-0.1, -0.05) is 0 Å². The molecule has 0 aromatic carbocycles. The van der Waals surface area contributed by atoms with Crippen LogP contribution >= 0.6 is 0 Å². The number of carbonyl (C=O) groups excluding carboxylic acids is 1. The number of aryl methyl sites for hydroxylation is 3. The number of amides is 1. The molecular weight excluding hydrogens is 266 g/mol. The zero-order valence-electron chi connectivity index (χ0n) is 13.2. The lowest BCUT2D eigenvalue weighted by Gasteiger charge is -2.21. The van der Waals surface area contributed by atoms with Crippen molar-refractivity contribution in [1.29, 1.82) is 0 Å². The van der Waals surface area contributed by atoms with E-state index in [1.54, 1.807) is 22.0 Å². The van der Waals surface area contributed by atoms with E-state index >= 15 is 0 Å². The molecule has 0 bridgehead atoms. The van der Waals surface area contributed by atoms with Crippen LogP contribution in [0.15, 0.2) is 24.7 Å².